The van der Waals surface area contributed by atoms with Gasteiger partial charge < -0.3 is 0 Å². The van der Waals surface area contributed by atoms with Crippen LogP contribution < -0.4 is 51.4 Å². The third-order valence-electron chi connectivity index (χ3n) is 5.95. The Morgan fingerprint density at radius 2 is 0.500 bits per heavy atom. The van der Waals surface area contributed by atoms with Crippen molar-refractivity contribution in [3.63, 3.8) is 0 Å². The van der Waals surface area contributed by atoms with E-state index in [-0.39, 0.29) is 78.1 Å². The Balaban J connectivity index is 0.00000400. The van der Waals surface area contributed by atoms with Crippen LogP contribution in [0, 0.1) is 69.8 Å². The molecule has 4 aromatic carbocycles. The van der Waals surface area contributed by atoms with E-state index < -0.39 is 97.8 Å². The van der Waals surface area contributed by atoms with Crippen LogP contribution in [0.15, 0.2) is 48.5 Å². The van der Waals surface area contributed by atoms with Crippen LogP contribution in [0.1, 0.15) is 0 Å². The average molecular weight is 558 g/mol. The second-order valence-electron chi connectivity index (χ2n) is 8.03. The molecule has 4 aromatic rings. The van der Waals surface area contributed by atoms with Crippen molar-refractivity contribution >= 4 is 28.0 Å². The summed E-state index contributed by atoms with van der Waals surface area (Å²) in [5.41, 5.74) is -6.69. The van der Waals surface area contributed by atoms with Gasteiger partial charge in [0.2, 0.25) is 0 Å². The van der Waals surface area contributed by atoms with Crippen molar-refractivity contribution in [1.29, 1.82) is 0 Å². The first kappa shape index (κ1) is 29.7. The first-order valence-electron chi connectivity index (χ1n) is 10.0. The van der Waals surface area contributed by atoms with Crippen LogP contribution in [0.25, 0.3) is 0 Å². The molecular formula is C24H8BF12Na. The van der Waals surface area contributed by atoms with Crippen LogP contribution in [0.5, 0.6) is 0 Å². The van der Waals surface area contributed by atoms with Gasteiger partial charge in [-0.3, -0.25) is 0 Å². The molecule has 0 saturated carbocycles. The molecule has 192 valence electrons. The Kier molecular flexibility index (Phi) is 8.35. The van der Waals surface area contributed by atoms with E-state index in [1.54, 1.807) is 0 Å². The Morgan fingerprint density at radius 3 is 0.684 bits per heavy atom. The zero-order valence-corrected chi connectivity index (χ0v) is 20.7. The standard InChI is InChI=1S/C24H8BF12.Na/c26-9-1-13(21(34)17(30)5-9)25(14-2-10(27)6-18(31)22(14)35,15-3-11(28)7-19(32)23(15)36)16-4-12(29)8-20(33)24(16)37;/h1-8H;/q-1;+1. The van der Waals surface area contributed by atoms with Crippen LogP contribution in [0.2, 0.25) is 0 Å². The molecule has 0 spiro atoms. The summed E-state index contributed by atoms with van der Waals surface area (Å²) >= 11 is 0. The molecule has 0 amide bonds. The van der Waals surface area contributed by atoms with Crippen molar-refractivity contribution in [3.8, 4) is 0 Å². The maximum absolute atomic E-state index is 15.3. The van der Waals surface area contributed by atoms with Crippen LogP contribution in [0.3, 0.4) is 0 Å². The van der Waals surface area contributed by atoms with Gasteiger partial charge in [0.15, 0.2) is 23.3 Å². The van der Waals surface area contributed by atoms with E-state index in [0.717, 1.165) is 0 Å². The predicted molar refractivity (Wildman–Crippen MR) is 110 cm³/mol. The second kappa shape index (κ2) is 10.7. The van der Waals surface area contributed by atoms with E-state index >= 15 is 17.6 Å². The molecule has 0 nitrogen and oxygen atoms in total. The molecule has 38 heavy (non-hydrogen) atoms. The number of halogens is 12. The fourth-order valence-electron chi connectivity index (χ4n) is 4.57. The minimum absolute atomic E-state index is 0. The maximum Gasteiger partial charge on any atom is 1.00 e. The van der Waals surface area contributed by atoms with Gasteiger partial charge in [-0.1, -0.05) is 24.3 Å². The summed E-state index contributed by atoms with van der Waals surface area (Å²) in [6.07, 6.45) is -4.89. The Bertz CT molecular complexity index is 1340. The minimum Gasteiger partial charge on any atom is -0.207 e. The molecule has 0 aliphatic heterocycles. The summed E-state index contributed by atoms with van der Waals surface area (Å²) in [6, 6.07) is -0.451. The van der Waals surface area contributed by atoms with Gasteiger partial charge in [-0.25, -0.2) is 52.7 Å². The summed E-state index contributed by atoms with van der Waals surface area (Å²) in [4.78, 5) is 0. The van der Waals surface area contributed by atoms with E-state index in [2.05, 4.69) is 0 Å². The van der Waals surface area contributed by atoms with Gasteiger partial charge in [0.05, 0.1) is 0 Å². The van der Waals surface area contributed by atoms with Crippen LogP contribution in [0.4, 0.5) is 52.7 Å². The van der Waals surface area contributed by atoms with Crippen molar-refractivity contribution in [2.75, 3.05) is 0 Å². The van der Waals surface area contributed by atoms with Gasteiger partial charge in [-0.2, -0.15) is 21.9 Å². The van der Waals surface area contributed by atoms with Crippen molar-refractivity contribution in [1.82, 2.24) is 0 Å². The quantitative estimate of drug-likeness (QED) is 0.204. The zero-order chi connectivity index (χ0) is 27.4. The Morgan fingerprint density at radius 1 is 0.316 bits per heavy atom. The molecule has 0 fully saturated rings. The van der Waals surface area contributed by atoms with Crippen LogP contribution in [-0.4, -0.2) is 6.15 Å². The molecular weight excluding hydrogens is 550 g/mol. The van der Waals surface area contributed by atoms with Gasteiger partial charge >= 0.3 is 29.6 Å². The summed E-state index contributed by atoms with van der Waals surface area (Å²) < 4.78 is 176. The Hall–Kier alpha value is -2.90. The van der Waals surface area contributed by atoms with Gasteiger partial charge in [-0.05, 0) is 0 Å². The predicted octanol–water partition coefficient (Wildman–Crippen LogP) is 1.74. The van der Waals surface area contributed by atoms with E-state index in [9.17, 15) is 35.1 Å². The molecule has 0 aromatic heterocycles. The van der Waals surface area contributed by atoms with Crippen molar-refractivity contribution in [2.24, 2.45) is 0 Å². The number of rotatable bonds is 4. The summed E-state index contributed by atoms with van der Waals surface area (Å²) in [5, 5.41) is 0. The first-order chi connectivity index (χ1) is 17.3. The molecule has 0 unspecified atom stereocenters. The molecule has 0 heterocycles. The first-order valence-corrected chi connectivity index (χ1v) is 10.0. The van der Waals surface area contributed by atoms with Crippen molar-refractivity contribution in [2.45, 2.75) is 0 Å². The van der Waals surface area contributed by atoms with Gasteiger partial charge in [0.1, 0.15) is 52.7 Å². The molecule has 4 rings (SSSR count). The molecule has 0 aliphatic carbocycles. The number of hydrogen-bond donors (Lipinski definition) is 0. The van der Waals surface area contributed by atoms with Gasteiger partial charge in [0.25, 0.3) is 0 Å². The van der Waals surface area contributed by atoms with E-state index in [4.69, 9.17) is 0 Å². The molecule has 0 radical (unpaired) electrons. The summed E-state index contributed by atoms with van der Waals surface area (Å²) in [7, 11) is 0. The van der Waals surface area contributed by atoms with Crippen molar-refractivity contribution in [3.05, 3.63) is 118 Å². The molecule has 0 bridgehead atoms. The monoisotopic (exact) mass is 558 g/mol. The zero-order valence-electron chi connectivity index (χ0n) is 18.7. The molecule has 0 aliphatic rings. The third kappa shape index (κ3) is 4.71. The molecule has 14 heteroatoms. The third-order valence-corrected chi connectivity index (χ3v) is 5.95. The summed E-state index contributed by atoms with van der Waals surface area (Å²) in [6.45, 7) is 0. The van der Waals surface area contributed by atoms with E-state index in [1.807, 2.05) is 0 Å². The Labute approximate surface area is 228 Å². The van der Waals surface area contributed by atoms with Crippen LogP contribution >= 0.6 is 0 Å². The van der Waals surface area contributed by atoms with Gasteiger partial charge in [-0.15, -0.1) is 0 Å². The van der Waals surface area contributed by atoms with E-state index in [1.165, 1.54) is 0 Å². The fraction of sp³-hybridized carbons (Fsp3) is 0. The summed E-state index contributed by atoms with van der Waals surface area (Å²) in [5.74, 6) is -24.2. The molecule has 0 saturated heterocycles. The normalized spacial score (nSPS) is 11.5. The fourth-order valence-corrected chi connectivity index (χ4v) is 4.57. The maximum atomic E-state index is 15.3. The minimum atomic E-state index is -4.89. The molecule has 0 atom stereocenters. The SMILES string of the molecule is Fc1cc(F)c(F)c([B-](c2cc(F)cc(F)c2F)(c2cc(F)cc(F)c2F)c2cc(F)cc(F)c2F)c1.[Na+]. The molecule has 0 N–H and O–H groups in total. The largest absolute Gasteiger partial charge is 1.00 e. The van der Waals surface area contributed by atoms with Gasteiger partial charge in [0, 0.05) is 24.3 Å². The topological polar surface area (TPSA) is 0 Å². The average Bonchev–Trinajstić information content (AvgIpc) is 2.80. The van der Waals surface area contributed by atoms with E-state index in [0.29, 0.717) is 0 Å². The smallest absolute Gasteiger partial charge is 0.207 e. The van der Waals surface area contributed by atoms with Crippen molar-refractivity contribution < 1.29 is 82.2 Å². The second-order valence-corrected chi connectivity index (χ2v) is 8.03. The number of hydrogen-bond acceptors (Lipinski definition) is 0. The van der Waals surface area contributed by atoms with Crippen LogP contribution in [-0.2, 0) is 0 Å². The number of benzene rings is 4.